The van der Waals surface area contributed by atoms with Crippen LogP contribution in [-0.4, -0.2) is 47.4 Å². The Labute approximate surface area is 391 Å². The SMILES string of the molecule is CCCCCC/C=C\C/C=C\CCCCCCCCCC(=O)OCCCCCCCC/C=C\CCCCCC(=O)NC(CO)C(O)/C=C/CCCCCCCCCCCCCCC. The van der Waals surface area contributed by atoms with E-state index in [-0.39, 0.29) is 18.5 Å². The summed E-state index contributed by atoms with van der Waals surface area (Å²) < 4.78 is 5.46. The number of aliphatic hydroxyl groups excluding tert-OH is 2. The van der Waals surface area contributed by atoms with Gasteiger partial charge in [0.05, 0.1) is 25.4 Å². The van der Waals surface area contributed by atoms with Crippen molar-refractivity contribution in [3.05, 3.63) is 48.6 Å². The van der Waals surface area contributed by atoms with E-state index in [1.54, 1.807) is 6.08 Å². The van der Waals surface area contributed by atoms with Crippen LogP contribution in [0.4, 0.5) is 0 Å². The van der Waals surface area contributed by atoms with Crippen molar-refractivity contribution in [3.63, 3.8) is 0 Å². The molecule has 2 atom stereocenters. The van der Waals surface area contributed by atoms with Gasteiger partial charge >= 0.3 is 5.97 Å². The summed E-state index contributed by atoms with van der Waals surface area (Å²) in [6, 6.07) is -0.649. The first-order chi connectivity index (χ1) is 31.0. The Hall–Kier alpha value is -2.18. The van der Waals surface area contributed by atoms with Crippen LogP contribution in [0.1, 0.15) is 277 Å². The lowest BCUT2D eigenvalue weighted by Crippen LogP contribution is -2.45. The van der Waals surface area contributed by atoms with E-state index in [1.165, 1.54) is 173 Å². The smallest absolute Gasteiger partial charge is 0.305 e. The van der Waals surface area contributed by atoms with Gasteiger partial charge < -0.3 is 20.3 Å². The molecule has 0 bridgehead atoms. The molecule has 368 valence electrons. The fourth-order valence-corrected chi connectivity index (χ4v) is 8.07. The Morgan fingerprint density at radius 1 is 0.444 bits per heavy atom. The van der Waals surface area contributed by atoms with Gasteiger partial charge in [0.2, 0.25) is 5.91 Å². The van der Waals surface area contributed by atoms with Crippen LogP contribution >= 0.6 is 0 Å². The first-order valence-electron chi connectivity index (χ1n) is 27.4. The van der Waals surface area contributed by atoms with Gasteiger partial charge in [-0.05, 0) is 89.9 Å². The highest BCUT2D eigenvalue weighted by Gasteiger charge is 2.18. The molecule has 0 aromatic heterocycles. The zero-order valence-corrected chi connectivity index (χ0v) is 41.8. The summed E-state index contributed by atoms with van der Waals surface area (Å²) in [7, 11) is 0. The molecule has 2 unspecified atom stereocenters. The maximum atomic E-state index is 12.4. The van der Waals surface area contributed by atoms with Gasteiger partial charge in [0.15, 0.2) is 0 Å². The zero-order chi connectivity index (χ0) is 45.8. The van der Waals surface area contributed by atoms with Crippen LogP contribution in [0.5, 0.6) is 0 Å². The molecule has 0 fully saturated rings. The molecule has 0 aliphatic carbocycles. The highest BCUT2D eigenvalue weighted by Crippen LogP contribution is 2.15. The van der Waals surface area contributed by atoms with Crippen molar-refractivity contribution in [1.82, 2.24) is 5.32 Å². The maximum Gasteiger partial charge on any atom is 0.305 e. The van der Waals surface area contributed by atoms with Crippen LogP contribution in [0.25, 0.3) is 0 Å². The number of carbonyl (C=O) groups is 2. The molecule has 0 radical (unpaired) electrons. The quantitative estimate of drug-likeness (QED) is 0.0321. The second-order valence-corrected chi connectivity index (χ2v) is 18.5. The number of ether oxygens (including phenoxy) is 1. The standard InChI is InChI=1S/C57H105NO5/c1-3-5-7-9-11-13-15-17-19-20-21-23-27-31-35-39-43-47-51-57(62)63-52-48-44-40-36-32-28-24-26-30-34-38-42-46-50-56(61)58-54(53-59)55(60)49-45-41-37-33-29-25-22-18-16-14-12-10-8-6-4-2/h13,15,19-20,26,30,45,49,54-55,59-60H,3-12,14,16-18,21-25,27-29,31-44,46-48,50-53H2,1-2H3,(H,58,61)/b15-13-,20-19-,30-26-,49-45+. The highest BCUT2D eigenvalue weighted by atomic mass is 16.5. The Balaban J connectivity index is 3.53. The number of amides is 1. The van der Waals surface area contributed by atoms with Gasteiger partial charge in [0.1, 0.15) is 0 Å². The number of esters is 1. The maximum absolute atomic E-state index is 12.4. The van der Waals surface area contributed by atoms with Crippen molar-refractivity contribution >= 4 is 11.9 Å². The Morgan fingerprint density at radius 2 is 0.794 bits per heavy atom. The van der Waals surface area contributed by atoms with E-state index in [2.05, 4.69) is 55.6 Å². The van der Waals surface area contributed by atoms with Crippen LogP contribution < -0.4 is 5.32 Å². The van der Waals surface area contributed by atoms with Crippen LogP contribution in [0.3, 0.4) is 0 Å². The topological polar surface area (TPSA) is 95.9 Å². The number of rotatable bonds is 50. The largest absolute Gasteiger partial charge is 0.466 e. The molecule has 0 spiro atoms. The minimum absolute atomic E-state index is 0.0220. The molecule has 0 heterocycles. The summed E-state index contributed by atoms with van der Waals surface area (Å²) in [5, 5.41) is 23.0. The third-order valence-corrected chi connectivity index (χ3v) is 12.3. The van der Waals surface area contributed by atoms with Crippen molar-refractivity contribution in [3.8, 4) is 0 Å². The third-order valence-electron chi connectivity index (χ3n) is 12.3. The van der Waals surface area contributed by atoms with Crippen LogP contribution in [-0.2, 0) is 14.3 Å². The average molecular weight is 884 g/mol. The fraction of sp³-hybridized carbons (Fsp3) is 0.825. The van der Waals surface area contributed by atoms with Gasteiger partial charge in [0, 0.05) is 12.8 Å². The normalized spacial score (nSPS) is 13.0. The van der Waals surface area contributed by atoms with Crippen molar-refractivity contribution in [2.24, 2.45) is 0 Å². The highest BCUT2D eigenvalue weighted by molar-refractivity contribution is 5.76. The van der Waals surface area contributed by atoms with Crippen molar-refractivity contribution < 1.29 is 24.5 Å². The Morgan fingerprint density at radius 3 is 1.25 bits per heavy atom. The number of nitrogens with one attached hydrogen (secondary N) is 1. The molecule has 0 aromatic carbocycles. The predicted molar refractivity (Wildman–Crippen MR) is 273 cm³/mol. The number of hydrogen-bond acceptors (Lipinski definition) is 5. The van der Waals surface area contributed by atoms with E-state index in [4.69, 9.17) is 4.74 Å². The lowest BCUT2D eigenvalue weighted by Gasteiger charge is -2.19. The molecular weight excluding hydrogens is 779 g/mol. The van der Waals surface area contributed by atoms with E-state index < -0.39 is 12.1 Å². The van der Waals surface area contributed by atoms with Gasteiger partial charge in [-0.3, -0.25) is 9.59 Å². The van der Waals surface area contributed by atoms with Gasteiger partial charge in [-0.25, -0.2) is 0 Å². The van der Waals surface area contributed by atoms with Crippen molar-refractivity contribution in [1.29, 1.82) is 0 Å². The molecule has 0 saturated heterocycles. The van der Waals surface area contributed by atoms with Gasteiger partial charge in [0.25, 0.3) is 0 Å². The Kier molecular flexibility index (Phi) is 50.6. The molecule has 0 saturated carbocycles. The number of aliphatic hydroxyl groups is 2. The second-order valence-electron chi connectivity index (χ2n) is 18.5. The molecule has 0 aromatic rings. The summed E-state index contributed by atoms with van der Waals surface area (Å²) in [5.41, 5.74) is 0. The van der Waals surface area contributed by atoms with Crippen LogP contribution in [0.2, 0.25) is 0 Å². The van der Waals surface area contributed by atoms with Crippen LogP contribution in [0, 0.1) is 0 Å². The number of carbonyl (C=O) groups excluding carboxylic acids is 2. The van der Waals surface area contributed by atoms with Crippen molar-refractivity contribution in [2.75, 3.05) is 13.2 Å². The summed E-state index contributed by atoms with van der Waals surface area (Å²) in [5.74, 6) is -0.121. The molecule has 3 N–H and O–H groups in total. The predicted octanol–water partition coefficient (Wildman–Crippen LogP) is 16.6. The zero-order valence-electron chi connectivity index (χ0n) is 41.8. The molecule has 0 rings (SSSR count). The van der Waals surface area contributed by atoms with E-state index in [0.717, 1.165) is 77.0 Å². The molecule has 6 heteroatoms. The van der Waals surface area contributed by atoms with E-state index >= 15 is 0 Å². The molecule has 0 aliphatic rings. The minimum atomic E-state index is -0.862. The average Bonchev–Trinajstić information content (AvgIpc) is 3.28. The summed E-state index contributed by atoms with van der Waals surface area (Å²) in [6.07, 6.45) is 65.4. The van der Waals surface area contributed by atoms with Gasteiger partial charge in [-0.1, -0.05) is 223 Å². The first-order valence-corrected chi connectivity index (χ1v) is 27.4. The number of hydrogen-bond donors (Lipinski definition) is 3. The monoisotopic (exact) mass is 884 g/mol. The number of allylic oxidation sites excluding steroid dienone is 7. The molecule has 6 nitrogen and oxygen atoms in total. The number of unbranched alkanes of at least 4 members (excludes halogenated alkanes) is 33. The lowest BCUT2D eigenvalue weighted by atomic mass is 10.0. The lowest BCUT2D eigenvalue weighted by molar-refractivity contribution is -0.143. The summed E-state index contributed by atoms with van der Waals surface area (Å²) in [6.45, 7) is 4.83. The summed E-state index contributed by atoms with van der Waals surface area (Å²) in [4.78, 5) is 24.5. The third kappa shape index (κ3) is 49.1. The summed E-state index contributed by atoms with van der Waals surface area (Å²) >= 11 is 0. The van der Waals surface area contributed by atoms with E-state index in [0.29, 0.717) is 19.4 Å². The van der Waals surface area contributed by atoms with E-state index in [1.807, 2.05) is 6.08 Å². The first kappa shape index (κ1) is 60.8. The molecule has 0 aliphatic heterocycles. The minimum Gasteiger partial charge on any atom is -0.466 e. The van der Waals surface area contributed by atoms with Crippen LogP contribution in [0.15, 0.2) is 48.6 Å². The van der Waals surface area contributed by atoms with Gasteiger partial charge in [-0.15, -0.1) is 0 Å². The van der Waals surface area contributed by atoms with Gasteiger partial charge in [-0.2, -0.15) is 0 Å². The molecular formula is C57H105NO5. The molecule has 63 heavy (non-hydrogen) atoms. The van der Waals surface area contributed by atoms with E-state index in [9.17, 15) is 19.8 Å². The fourth-order valence-electron chi connectivity index (χ4n) is 8.07. The Bertz CT molecular complexity index is 1070. The second kappa shape index (κ2) is 52.4. The van der Waals surface area contributed by atoms with Crippen molar-refractivity contribution in [2.45, 2.75) is 289 Å². The molecule has 1 amide bonds.